The van der Waals surface area contributed by atoms with E-state index < -0.39 is 0 Å². The quantitative estimate of drug-likeness (QED) is 0.904. The number of aliphatic hydroxyl groups excluding tert-OH is 1. The zero-order valence-corrected chi connectivity index (χ0v) is 12.3. The van der Waals surface area contributed by atoms with Crippen LogP contribution in [0.25, 0.3) is 0 Å². The molecule has 0 fully saturated rings. The van der Waals surface area contributed by atoms with E-state index in [1.807, 2.05) is 0 Å². The minimum Gasteiger partial charge on any atom is -0.394 e. The van der Waals surface area contributed by atoms with Gasteiger partial charge in [0.25, 0.3) is 5.91 Å². The Balaban J connectivity index is 2.85. The van der Waals surface area contributed by atoms with E-state index in [9.17, 15) is 4.79 Å². The van der Waals surface area contributed by atoms with E-state index in [4.69, 9.17) is 5.11 Å². The molecule has 1 rings (SSSR count). The van der Waals surface area contributed by atoms with Gasteiger partial charge in [-0.1, -0.05) is 0 Å². The van der Waals surface area contributed by atoms with Crippen molar-refractivity contribution >= 4 is 49.1 Å². The van der Waals surface area contributed by atoms with Crippen LogP contribution in [0.5, 0.6) is 0 Å². The number of thiophene rings is 1. The molecule has 0 spiro atoms. The fourth-order valence-corrected chi connectivity index (χ4v) is 2.97. The first kappa shape index (κ1) is 13.2. The molecule has 15 heavy (non-hydrogen) atoms. The monoisotopic (exact) mass is 355 g/mol. The van der Waals surface area contributed by atoms with Crippen molar-refractivity contribution in [3.63, 3.8) is 0 Å². The number of halogens is 2. The highest BCUT2D eigenvalue weighted by Crippen LogP contribution is 2.32. The minimum atomic E-state index is -0.169. The highest BCUT2D eigenvalue weighted by molar-refractivity contribution is 9.13. The smallest absolute Gasteiger partial charge is 0.264 e. The average molecular weight is 357 g/mol. The summed E-state index contributed by atoms with van der Waals surface area (Å²) in [6.45, 7) is 1.77. The van der Waals surface area contributed by atoms with Gasteiger partial charge in [-0.15, -0.1) is 11.3 Å². The Bertz CT molecular complexity index is 347. The maximum absolute atomic E-state index is 11.9. The van der Waals surface area contributed by atoms with Crippen LogP contribution in [0, 0.1) is 0 Å². The first-order valence-electron chi connectivity index (χ1n) is 4.30. The van der Waals surface area contributed by atoms with Crippen LogP contribution in [0.15, 0.2) is 14.3 Å². The van der Waals surface area contributed by atoms with E-state index in [0.717, 1.165) is 8.26 Å². The van der Waals surface area contributed by atoms with Crippen molar-refractivity contribution in [2.45, 2.75) is 13.0 Å². The van der Waals surface area contributed by atoms with Gasteiger partial charge in [0.2, 0.25) is 0 Å². The van der Waals surface area contributed by atoms with Gasteiger partial charge >= 0.3 is 0 Å². The van der Waals surface area contributed by atoms with Crippen LogP contribution in [0.4, 0.5) is 0 Å². The zero-order chi connectivity index (χ0) is 11.6. The van der Waals surface area contributed by atoms with Crippen LogP contribution in [0.3, 0.4) is 0 Å². The molecule has 0 bridgehead atoms. The molecule has 0 aromatic carbocycles. The van der Waals surface area contributed by atoms with Crippen LogP contribution in [0.1, 0.15) is 16.6 Å². The maximum Gasteiger partial charge on any atom is 0.264 e. The van der Waals surface area contributed by atoms with Crippen molar-refractivity contribution in [1.29, 1.82) is 0 Å². The fraction of sp³-hybridized carbons (Fsp3) is 0.444. The zero-order valence-electron chi connectivity index (χ0n) is 8.33. The molecule has 1 aromatic heterocycles. The number of aliphatic hydroxyl groups is 1. The normalized spacial score (nSPS) is 12.6. The molecule has 0 aliphatic rings. The molecule has 84 valence electrons. The number of carbonyl (C=O) groups is 1. The molecule has 0 saturated carbocycles. The fourth-order valence-electron chi connectivity index (χ4n) is 0.948. The lowest BCUT2D eigenvalue weighted by molar-refractivity contribution is 0.0687. The second kappa shape index (κ2) is 5.43. The van der Waals surface area contributed by atoms with Crippen LogP contribution in [-0.4, -0.2) is 35.6 Å². The van der Waals surface area contributed by atoms with Gasteiger partial charge in [0, 0.05) is 11.5 Å². The molecule has 1 N–H and O–H groups in total. The number of amides is 1. The average Bonchev–Trinajstić information content (AvgIpc) is 2.56. The molecular weight excluding hydrogens is 346 g/mol. The van der Waals surface area contributed by atoms with Gasteiger partial charge in [0.1, 0.15) is 0 Å². The molecule has 0 aliphatic carbocycles. The van der Waals surface area contributed by atoms with E-state index in [-0.39, 0.29) is 18.6 Å². The second-order valence-electron chi connectivity index (χ2n) is 3.18. The molecule has 1 heterocycles. The maximum atomic E-state index is 11.9. The summed E-state index contributed by atoms with van der Waals surface area (Å²) in [6.07, 6.45) is 0. The van der Waals surface area contributed by atoms with Gasteiger partial charge in [0.15, 0.2) is 0 Å². The van der Waals surface area contributed by atoms with Gasteiger partial charge in [0.05, 0.1) is 21.3 Å². The molecular formula is C9H11Br2NO2S. The first-order chi connectivity index (χ1) is 6.97. The lowest BCUT2D eigenvalue weighted by Gasteiger charge is -2.22. The van der Waals surface area contributed by atoms with E-state index in [1.54, 1.807) is 20.0 Å². The first-order valence-corrected chi connectivity index (χ1v) is 6.70. The van der Waals surface area contributed by atoms with Crippen molar-refractivity contribution in [2.24, 2.45) is 0 Å². The Morgan fingerprint density at radius 2 is 2.27 bits per heavy atom. The highest BCUT2D eigenvalue weighted by atomic mass is 79.9. The third-order valence-electron chi connectivity index (χ3n) is 2.10. The molecule has 0 radical (unpaired) electrons. The standard InChI is InChI=1S/C9H11Br2NO2S/c1-5(4-13)12(2)9(14)7-3-6(10)8(11)15-7/h3,5,13H,4H2,1-2H3. The van der Waals surface area contributed by atoms with Gasteiger partial charge in [-0.2, -0.15) is 0 Å². The molecule has 0 aliphatic heterocycles. The van der Waals surface area contributed by atoms with Crippen molar-refractivity contribution in [3.05, 3.63) is 19.2 Å². The summed E-state index contributed by atoms with van der Waals surface area (Å²) >= 11 is 8.05. The van der Waals surface area contributed by atoms with E-state index in [0.29, 0.717) is 4.88 Å². The predicted molar refractivity (Wildman–Crippen MR) is 68.4 cm³/mol. The summed E-state index contributed by atoms with van der Waals surface area (Å²) in [4.78, 5) is 14.1. The summed E-state index contributed by atoms with van der Waals surface area (Å²) in [5, 5.41) is 8.95. The lowest BCUT2D eigenvalue weighted by Crippen LogP contribution is -2.36. The Hall–Kier alpha value is 0.0900. The van der Waals surface area contributed by atoms with Gasteiger partial charge in [-0.05, 0) is 44.8 Å². The largest absolute Gasteiger partial charge is 0.394 e. The summed E-state index contributed by atoms with van der Waals surface area (Å²) < 4.78 is 1.77. The number of hydrogen-bond donors (Lipinski definition) is 1. The Labute approximate surface area is 109 Å². The topological polar surface area (TPSA) is 40.5 Å². The number of nitrogens with zero attached hydrogens (tertiary/aromatic N) is 1. The Kier molecular flexibility index (Phi) is 4.76. The summed E-state index contributed by atoms with van der Waals surface area (Å²) in [5.41, 5.74) is 0. The second-order valence-corrected chi connectivity index (χ2v) is 6.40. The molecule has 6 heteroatoms. The van der Waals surface area contributed by atoms with Crippen molar-refractivity contribution in [3.8, 4) is 0 Å². The molecule has 1 unspecified atom stereocenters. The molecule has 3 nitrogen and oxygen atoms in total. The lowest BCUT2D eigenvalue weighted by atomic mass is 10.3. The Morgan fingerprint density at radius 3 is 2.67 bits per heavy atom. The molecule has 1 aromatic rings. The van der Waals surface area contributed by atoms with Crippen molar-refractivity contribution < 1.29 is 9.90 Å². The third-order valence-corrected chi connectivity index (χ3v) is 5.35. The predicted octanol–water partition coefficient (Wildman–Crippen LogP) is 2.73. The van der Waals surface area contributed by atoms with Crippen LogP contribution in [-0.2, 0) is 0 Å². The summed E-state index contributed by atoms with van der Waals surface area (Å²) in [6, 6.07) is 1.61. The van der Waals surface area contributed by atoms with Gasteiger partial charge in [-0.3, -0.25) is 4.79 Å². The molecule has 1 amide bonds. The molecule has 1 atom stereocenters. The molecule has 0 saturated heterocycles. The number of rotatable bonds is 3. The highest BCUT2D eigenvalue weighted by Gasteiger charge is 2.19. The number of hydrogen-bond acceptors (Lipinski definition) is 3. The number of likely N-dealkylation sites (N-methyl/N-ethyl adjacent to an activating group) is 1. The minimum absolute atomic E-state index is 0.0318. The number of carbonyl (C=O) groups excluding carboxylic acids is 1. The third kappa shape index (κ3) is 3.03. The summed E-state index contributed by atoms with van der Waals surface area (Å²) in [7, 11) is 1.69. The van der Waals surface area contributed by atoms with E-state index >= 15 is 0 Å². The van der Waals surface area contributed by atoms with Gasteiger partial charge in [-0.25, -0.2) is 0 Å². The SMILES string of the molecule is CC(CO)N(C)C(=O)c1cc(Br)c(Br)s1. The Morgan fingerprint density at radius 1 is 1.67 bits per heavy atom. The van der Waals surface area contributed by atoms with Crippen LogP contribution in [0.2, 0.25) is 0 Å². The summed E-state index contributed by atoms with van der Waals surface area (Å²) in [5.74, 6) is -0.0760. The van der Waals surface area contributed by atoms with Crippen LogP contribution < -0.4 is 0 Å². The van der Waals surface area contributed by atoms with Crippen molar-refractivity contribution in [1.82, 2.24) is 4.90 Å². The van der Waals surface area contributed by atoms with E-state index in [1.165, 1.54) is 16.2 Å². The van der Waals surface area contributed by atoms with Gasteiger partial charge < -0.3 is 10.0 Å². The van der Waals surface area contributed by atoms with Crippen molar-refractivity contribution in [2.75, 3.05) is 13.7 Å². The van der Waals surface area contributed by atoms with E-state index in [2.05, 4.69) is 31.9 Å². The van der Waals surface area contributed by atoms with Crippen LogP contribution >= 0.6 is 43.2 Å².